The Hall–Kier alpha value is -1.16. The molecule has 1 aliphatic heterocycles. The molecule has 1 saturated carbocycles. The predicted molar refractivity (Wildman–Crippen MR) is 81.8 cm³/mol. The highest BCUT2D eigenvalue weighted by Crippen LogP contribution is 2.34. The fourth-order valence-corrected chi connectivity index (χ4v) is 3.42. The van der Waals surface area contributed by atoms with Crippen LogP contribution in [0.4, 0.5) is 5.95 Å². The first-order valence-corrected chi connectivity index (χ1v) is 8.00. The first-order chi connectivity index (χ1) is 9.72. The smallest absolute Gasteiger partial charge is 0.225 e. The van der Waals surface area contributed by atoms with Crippen LogP contribution in [0.25, 0.3) is 0 Å². The molecule has 1 unspecified atom stereocenters. The standard InChI is InChI=1S/C16H26N4/c1-12(2)13-9-15(10-13)19-14-5-3-8-20(11-14)16-17-6-4-7-18-16/h4,6-7,12-15,19H,3,5,8-11H2,1-2H3. The summed E-state index contributed by atoms with van der Waals surface area (Å²) in [5.74, 6) is 2.66. The van der Waals surface area contributed by atoms with Gasteiger partial charge < -0.3 is 10.2 Å². The van der Waals surface area contributed by atoms with Gasteiger partial charge in [0.2, 0.25) is 5.95 Å². The fraction of sp³-hybridized carbons (Fsp3) is 0.750. The molecule has 0 radical (unpaired) electrons. The van der Waals surface area contributed by atoms with E-state index < -0.39 is 0 Å². The quantitative estimate of drug-likeness (QED) is 0.916. The molecule has 0 spiro atoms. The van der Waals surface area contributed by atoms with Crippen LogP contribution in [-0.4, -0.2) is 35.1 Å². The second-order valence-corrected chi connectivity index (χ2v) is 6.67. The van der Waals surface area contributed by atoms with E-state index in [0.29, 0.717) is 6.04 Å². The van der Waals surface area contributed by atoms with Gasteiger partial charge in [-0.25, -0.2) is 9.97 Å². The molecular weight excluding hydrogens is 248 g/mol. The van der Waals surface area contributed by atoms with Crippen molar-refractivity contribution in [3.05, 3.63) is 18.5 Å². The average Bonchev–Trinajstić information content (AvgIpc) is 2.43. The van der Waals surface area contributed by atoms with Crippen LogP contribution >= 0.6 is 0 Å². The zero-order valence-electron chi connectivity index (χ0n) is 12.6. The summed E-state index contributed by atoms with van der Waals surface area (Å²) >= 11 is 0. The summed E-state index contributed by atoms with van der Waals surface area (Å²) in [6, 6.07) is 3.22. The zero-order valence-corrected chi connectivity index (χ0v) is 12.6. The van der Waals surface area contributed by atoms with Gasteiger partial charge in [-0.3, -0.25) is 0 Å². The number of hydrogen-bond acceptors (Lipinski definition) is 4. The Morgan fingerprint density at radius 2 is 1.95 bits per heavy atom. The number of anilines is 1. The monoisotopic (exact) mass is 274 g/mol. The average molecular weight is 274 g/mol. The molecular formula is C16H26N4. The van der Waals surface area contributed by atoms with Crippen LogP contribution in [0, 0.1) is 11.8 Å². The first kappa shape index (κ1) is 13.8. The Morgan fingerprint density at radius 1 is 1.20 bits per heavy atom. The largest absolute Gasteiger partial charge is 0.339 e. The topological polar surface area (TPSA) is 41.0 Å². The van der Waals surface area contributed by atoms with Crippen LogP contribution in [-0.2, 0) is 0 Å². The van der Waals surface area contributed by atoms with E-state index in [4.69, 9.17) is 0 Å². The summed E-state index contributed by atoms with van der Waals surface area (Å²) in [6.45, 7) is 6.82. The van der Waals surface area contributed by atoms with Crippen LogP contribution in [0.15, 0.2) is 18.5 Å². The second-order valence-electron chi connectivity index (χ2n) is 6.67. The van der Waals surface area contributed by atoms with E-state index in [1.807, 2.05) is 18.5 Å². The molecule has 2 aliphatic rings. The summed E-state index contributed by atoms with van der Waals surface area (Å²) in [4.78, 5) is 11.1. The highest BCUT2D eigenvalue weighted by Gasteiger charge is 2.33. The third kappa shape index (κ3) is 3.11. The zero-order chi connectivity index (χ0) is 13.9. The van der Waals surface area contributed by atoms with Gasteiger partial charge in [-0.15, -0.1) is 0 Å². The molecule has 3 rings (SSSR count). The predicted octanol–water partition coefficient (Wildman–Crippen LogP) is 2.47. The molecule has 4 nitrogen and oxygen atoms in total. The lowest BCUT2D eigenvalue weighted by Crippen LogP contribution is -2.53. The van der Waals surface area contributed by atoms with E-state index in [0.717, 1.165) is 36.9 Å². The molecule has 110 valence electrons. The lowest BCUT2D eigenvalue weighted by molar-refractivity contribution is 0.153. The van der Waals surface area contributed by atoms with Crippen LogP contribution in [0.1, 0.15) is 39.5 Å². The van der Waals surface area contributed by atoms with E-state index in [2.05, 4.69) is 34.0 Å². The maximum Gasteiger partial charge on any atom is 0.225 e. The Balaban J connectivity index is 1.49. The van der Waals surface area contributed by atoms with Crippen molar-refractivity contribution < 1.29 is 0 Å². The van der Waals surface area contributed by atoms with Crippen molar-refractivity contribution in [1.29, 1.82) is 0 Å². The molecule has 20 heavy (non-hydrogen) atoms. The van der Waals surface area contributed by atoms with E-state index in [-0.39, 0.29) is 0 Å². The van der Waals surface area contributed by atoms with E-state index in [1.54, 1.807) is 0 Å². The van der Waals surface area contributed by atoms with Crippen LogP contribution in [0.5, 0.6) is 0 Å². The van der Waals surface area contributed by atoms with Crippen LogP contribution < -0.4 is 10.2 Å². The summed E-state index contributed by atoms with van der Waals surface area (Å²) < 4.78 is 0. The molecule has 0 bridgehead atoms. The highest BCUT2D eigenvalue weighted by atomic mass is 15.3. The molecule has 1 aliphatic carbocycles. The van der Waals surface area contributed by atoms with Gasteiger partial charge in [-0.1, -0.05) is 13.8 Å². The second kappa shape index (κ2) is 6.08. The minimum absolute atomic E-state index is 0.602. The number of piperidine rings is 1. The van der Waals surface area contributed by atoms with E-state index >= 15 is 0 Å². The first-order valence-electron chi connectivity index (χ1n) is 8.00. The molecule has 1 saturated heterocycles. The SMILES string of the molecule is CC(C)C1CC(NC2CCCN(c3ncccn3)C2)C1. The molecule has 1 N–H and O–H groups in total. The van der Waals surface area contributed by atoms with E-state index in [1.165, 1.54) is 25.7 Å². The third-order valence-corrected chi connectivity index (χ3v) is 4.85. The molecule has 4 heteroatoms. The molecule has 1 aromatic rings. The lowest BCUT2D eigenvalue weighted by Gasteiger charge is -2.43. The fourth-order valence-electron chi connectivity index (χ4n) is 3.42. The molecule has 0 amide bonds. The number of rotatable bonds is 4. The van der Waals surface area contributed by atoms with Crippen molar-refractivity contribution in [2.45, 2.75) is 51.6 Å². The van der Waals surface area contributed by atoms with Gasteiger partial charge in [-0.2, -0.15) is 0 Å². The van der Waals surface area contributed by atoms with Gasteiger partial charge in [0.25, 0.3) is 0 Å². The summed E-state index contributed by atoms with van der Waals surface area (Å²) in [7, 11) is 0. The number of nitrogens with one attached hydrogen (secondary N) is 1. The van der Waals surface area contributed by atoms with Crippen molar-refractivity contribution in [3.63, 3.8) is 0 Å². The number of aromatic nitrogens is 2. The summed E-state index contributed by atoms with van der Waals surface area (Å²) in [5.41, 5.74) is 0. The highest BCUT2D eigenvalue weighted by molar-refractivity contribution is 5.29. The molecule has 2 heterocycles. The Morgan fingerprint density at radius 3 is 2.65 bits per heavy atom. The van der Waals surface area contributed by atoms with Crippen LogP contribution in [0.3, 0.4) is 0 Å². The number of nitrogens with zero attached hydrogens (tertiary/aromatic N) is 3. The summed E-state index contributed by atoms with van der Waals surface area (Å²) in [6.07, 6.45) is 8.89. The van der Waals surface area contributed by atoms with Crippen molar-refractivity contribution in [1.82, 2.24) is 15.3 Å². The van der Waals surface area contributed by atoms with Crippen molar-refractivity contribution in [2.24, 2.45) is 11.8 Å². The van der Waals surface area contributed by atoms with Gasteiger partial charge in [0, 0.05) is 37.6 Å². The minimum Gasteiger partial charge on any atom is -0.339 e. The molecule has 2 fully saturated rings. The van der Waals surface area contributed by atoms with Crippen molar-refractivity contribution in [2.75, 3.05) is 18.0 Å². The van der Waals surface area contributed by atoms with Crippen molar-refractivity contribution >= 4 is 5.95 Å². The molecule has 0 aromatic carbocycles. The third-order valence-electron chi connectivity index (χ3n) is 4.85. The van der Waals surface area contributed by atoms with Gasteiger partial charge in [0.1, 0.15) is 0 Å². The molecule has 1 aromatic heterocycles. The normalized spacial score (nSPS) is 30.4. The van der Waals surface area contributed by atoms with Crippen molar-refractivity contribution in [3.8, 4) is 0 Å². The number of hydrogen-bond donors (Lipinski definition) is 1. The Labute approximate surface area is 122 Å². The van der Waals surface area contributed by atoms with Gasteiger partial charge in [0.15, 0.2) is 0 Å². The Bertz CT molecular complexity index is 414. The maximum atomic E-state index is 4.37. The summed E-state index contributed by atoms with van der Waals surface area (Å²) in [5, 5.41) is 3.84. The van der Waals surface area contributed by atoms with Gasteiger partial charge >= 0.3 is 0 Å². The van der Waals surface area contributed by atoms with Crippen LogP contribution in [0.2, 0.25) is 0 Å². The van der Waals surface area contributed by atoms with Gasteiger partial charge in [0.05, 0.1) is 0 Å². The van der Waals surface area contributed by atoms with Gasteiger partial charge in [-0.05, 0) is 43.6 Å². The van der Waals surface area contributed by atoms with E-state index in [9.17, 15) is 0 Å². The maximum absolute atomic E-state index is 4.37. The Kier molecular flexibility index (Phi) is 4.20. The minimum atomic E-state index is 0.602. The lowest BCUT2D eigenvalue weighted by atomic mass is 9.73. The molecule has 1 atom stereocenters.